The van der Waals surface area contributed by atoms with Crippen LogP contribution in [-0.4, -0.2) is 69.6 Å². The fourth-order valence-corrected chi connectivity index (χ4v) is 4.52. The lowest BCUT2D eigenvalue weighted by atomic mass is 10.1. The van der Waals surface area contributed by atoms with Gasteiger partial charge in [-0.05, 0) is 32.0 Å². The molecule has 0 aliphatic carbocycles. The number of methoxy groups -OCH3 is 1. The number of rotatable bonds is 5. The Hall–Kier alpha value is -3.30. The molecule has 172 valence electrons. The van der Waals surface area contributed by atoms with Gasteiger partial charge in [-0.2, -0.15) is 0 Å². The Bertz CT molecular complexity index is 1380. The second kappa shape index (κ2) is 8.57. The van der Waals surface area contributed by atoms with Crippen molar-refractivity contribution in [2.75, 3.05) is 44.8 Å². The Morgan fingerprint density at radius 2 is 2.00 bits per heavy atom. The van der Waals surface area contributed by atoms with Gasteiger partial charge >= 0.3 is 0 Å². The van der Waals surface area contributed by atoms with E-state index in [9.17, 15) is 9.18 Å². The molecule has 0 N–H and O–H groups in total. The number of halogens is 1. The van der Waals surface area contributed by atoms with E-state index in [1.165, 1.54) is 12.1 Å². The van der Waals surface area contributed by atoms with E-state index in [-0.39, 0.29) is 11.2 Å². The lowest BCUT2D eigenvalue weighted by Gasteiger charge is -2.40. The smallest absolute Gasteiger partial charge is 0.258 e. The number of ether oxygens (including phenoxy) is 1. The largest absolute Gasteiger partial charge is 0.383 e. The van der Waals surface area contributed by atoms with Crippen molar-refractivity contribution in [2.45, 2.75) is 19.9 Å². The molecule has 1 unspecified atom stereocenters. The summed E-state index contributed by atoms with van der Waals surface area (Å²) in [6.45, 7) is 8.35. The summed E-state index contributed by atoms with van der Waals surface area (Å²) < 4.78 is 22.9. The molecule has 9 heteroatoms. The molecule has 5 rings (SSSR count). The molecule has 5 heterocycles. The zero-order valence-corrected chi connectivity index (χ0v) is 19.0. The molecule has 1 saturated heterocycles. The number of aromatic nitrogens is 4. The molecule has 0 bridgehead atoms. The third-order valence-corrected chi connectivity index (χ3v) is 6.28. The van der Waals surface area contributed by atoms with Gasteiger partial charge in [-0.25, -0.2) is 14.4 Å². The number of piperazine rings is 1. The second-order valence-electron chi connectivity index (χ2n) is 8.61. The number of anilines is 1. The zero-order valence-electron chi connectivity index (χ0n) is 19.0. The molecule has 0 saturated carbocycles. The van der Waals surface area contributed by atoms with Crippen LogP contribution in [0.1, 0.15) is 12.6 Å². The Balaban J connectivity index is 1.45. The lowest BCUT2D eigenvalue weighted by molar-refractivity contribution is 0.117. The SMILES string of the molecule is COCCN1CCN(c2ccc3nc(-c4cc(F)c5nc(C)cn5c4)cc(=O)n3c2)CC1C. The van der Waals surface area contributed by atoms with Gasteiger partial charge in [0.05, 0.1) is 23.7 Å². The maximum atomic E-state index is 14.5. The number of hydrogen-bond donors (Lipinski definition) is 0. The highest BCUT2D eigenvalue weighted by Crippen LogP contribution is 2.23. The van der Waals surface area contributed by atoms with E-state index in [0.717, 1.165) is 44.2 Å². The molecule has 1 atom stereocenters. The number of aryl methyl sites for hydroxylation is 1. The van der Waals surface area contributed by atoms with Gasteiger partial charge < -0.3 is 14.0 Å². The summed E-state index contributed by atoms with van der Waals surface area (Å²) in [5, 5.41) is 0. The van der Waals surface area contributed by atoms with Crippen molar-refractivity contribution in [3.05, 3.63) is 64.7 Å². The first-order valence-corrected chi connectivity index (χ1v) is 11.1. The molecular formula is C24H27FN6O2. The van der Waals surface area contributed by atoms with Gasteiger partial charge in [0.1, 0.15) is 5.65 Å². The van der Waals surface area contributed by atoms with Crippen molar-refractivity contribution < 1.29 is 9.13 Å². The number of hydrogen-bond acceptors (Lipinski definition) is 6. The van der Waals surface area contributed by atoms with E-state index in [0.29, 0.717) is 22.9 Å². The molecule has 0 aromatic carbocycles. The average molecular weight is 451 g/mol. The van der Waals surface area contributed by atoms with Crippen LogP contribution in [0.3, 0.4) is 0 Å². The van der Waals surface area contributed by atoms with Crippen LogP contribution in [0.25, 0.3) is 22.6 Å². The van der Waals surface area contributed by atoms with Crippen molar-refractivity contribution in [3.63, 3.8) is 0 Å². The Morgan fingerprint density at radius 3 is 2.79 bits per heavy atom. The number of pyridine rings is 2. The number of fused-ring (bicyclic) bond motifs is 2. The molecule has 0 amide bonds. The van der Waals surface area contributed by atoms with E-state index in [4.69, 9.17) is 4.74 Å². The highest BCUT2D eigenvalue weighted by Gasteiger charge is 2.24. The van der Waals surface area contributed by atoms with Crippen LogP contribution in [0.4, 0.5) is 10.1 Å². The van der Waals surface area contributed by atoms with Gasteiger partial charge in [-0.1, -0.05) is 0 Å². The van der Waals surface area contributed by atoms with Crippen molar-refractivity contribution in [1.29, 1.82) is 0 Å². The third-order valence-electron chi connectivity index (χ3n) is 6.28. The Morgan fingerprint density at radius 1 is 1.15 bits per heavy atom. The molecule has 1 aliphatic heterocycles. The lowest BCUT2D eigenvalue weighted by Crippen LogP contribution is -2.52. The fraction of sp³-hybridized carbons (Fsp3) is 0.375. The van der Waals surface area contributed by atoms with Crippen molar-refractivity contribution in [1.82, 2.24) is 23.7 Å². The third kappa shape index (κ3) is 4.09. The first-order valence-electron chi connectivity index (χ1n) is 11.1. The molecule has 4 aromatic rings. The van der Waals surface area contributed by atoms with Crippen molar-refractivity contribution in [2.24, 2.45) is 0 Å². The highest BCUT2D eigenvalue weighted by atomic mass is 19.1. The average Bonchev–Trinajstić information content (AvgIpc) is 3.19. The van der Waals surface area contributed by atoms with E-state index in [1.807, 2.05) is 25.3 Å². The van der Waals surface area contributed by atoms with Crippen LogP contribution in [0.5, 0.6) is 0 Å². The summed E-state index contributed by atoms with van der Waals surface area (Å²) >= 11 is 0. The van der Waals surface area contributed by atoms with E-state index >= 15 is 0 Å². The number of imidazole rings is 1. The van der Waals surface area contributed by atoms with Crippen LogP contribution in [0.2, 0.25) is 0 Å². The molecular weight excluding hydrogens is 423 g/mol. The van der Waals surface area contributed by atoms with E-state index in [1.54, 1.807) is 28.3 Å². The molecule has 1 aliphatic rings. The van der Waals surface area contributed by atoms with Crippen LogP contribution in [-0.2, 0) is 4.74 Å². The van der Waals surface area contributed by atoms with Gasteiger partial charge in [0, 0.05) is 69.6 Å². The standard InChI is InChI=1S/C24H27FN6O2/c1-16-12-30-14-18(10-20(25)24(30)26-16)21-11-23(32)31-15-19(4-5-22(31)27-21)29-7-6-28(8-9-33-3)17(2)13-29/h4-5,10-12,14-15,17H,6-9,13H2,1-3H3. The van der Waals surface area contributed by atoms with E-state index < -0.39 is 5.82 Å². The topological polar surface area (TPSA) is 67.4 Å². The van der Waals surface area contributed by atoms with Gasteiger partial charge in [-0.15, -0.1) is 0 Å². The minimum Gasteiger partial charge on any atom is -0.383 e. The predicted octanol–water partition coefficient (Wildman–Crippen LogP) is 2.61. The first-order chi connectivity index (χ1) is 15.9. The maximum Gasteiger partial charge on any atom is 0.258 e. The number of nitrogens with zero attached hydrogens (tertiary/aromatic N) is 6. The predicted molar refractivity (Wildman–Crippen MR) is 125 cm³/mol. The summed E-state index contributed by atoms with van der Waals surface area (Å²) in [4.78, 5) is 26.5. The van der Waals surface area contributed by atoms with Gasteiger partial charge in [-0.3, -0.25) is 14.1 Å². The van der Waals surface area contributed by atoms with Gasteiger partial charge in [0.25, 0.3) is 5.56 Å². The van der Waals surface area contributed by atoms with Crippen LogP contribution in [0.15, 0.2) is 47.7 Å². The van der Waals surface area contributed by atoms with Crippen LogP contribution in [0, 0.1) is 12.7 Å². The van der Waals surface area contributed by atoms with Crippen LogP contribution < -0.4 is 10.5 Å². The molecule has 8 nitrogen and oxygen atoms in total. The Labute approximate surface area is 190 Å². The molecule has 0 spiro atoms. The normalized spacial score (nSPS) is 17.3. The second-order valence-corrected chi connectivity index (χ2v) is 8.61. The van der Waals surface area contributed by atoms with Crippen LogP contribution >= 0.6 is 0 Å². The monoisotopic (exact) mass is 450 g/mol. The minimum absolute atomic E-state index is 0.203. The van der Waals surface area contributed by atoms with E-state index in [2.05, 4.69) is 26.7 Å². The molecule has 33 heavy (non-hydrogen) atoms. The Kier molecular flexibility index (Phi) is 5.59. The first kappa shape index (κ1) is 21.5. The fourth-order valence-electron chi connectivity index (χ4n) is 4.52. The molecule has 1 fully saturated rings. The summed E-state index contributed by atoms with van der Waals surface area (Å²) in [5.41, 5.74) is 3.25. The zero-order chi connectivity index (χ0) is 23.1. The molecule has 4 aromatic heterocycles. The summed E-state index contributed by atoms with van der Waals surface area (Å²) in [7, 11) is 1.72. The summed E-state index contributed by atoms with van der Waals surface area (Å²) in [6, 6.07) is 7.05. The quantitative estimate of drug-likeness (QED) is 0.466. The van der Waals surface area contributed by atoms with Crippen molar-refractivity contribution >= 4 is 17.0 Å². The highest BCUT2D eigenvalue weighted by molar-refractivity contribution is 5.64. The molecule has 0 radical (unpaired) electrons. The van der Waals surface area contributed by atoms with Gasteiger partial charge in [0.2, 0.25) is 0 Å². The minimum atomic E-state index is -0.447. The summed E-state index contributed by atoms with van der Waals surface area (Å²) in [5.74, 6) is -0.447. The van der Waals surface area contributed by atoms with Gasteiger partial charge in [0.15, 0.2) is 11.5 Å². The maximum absolute atomic E-state index is 14.5. The van der Waals surface area contributed by atoms with Crippen molar-refractivity contribution in [3.8, 4) is 11.3 Å². The summed E-state index contributed by atoms with van der Waals surface area (Å²) in [6.07, 6.45) is 5.34.